The second-order valence-corrected chi connectivity index (χ2v) is 50.0. The van der Waals surface area contributed by atoms with Gasteiger partial charge in [0.25, 0.3) is 0 Å². The molecule has 14 saturated carbocycles. The van der Waals surface area contributed by atoms with Gasteiger partial charge in [-0.25, -0.2) is 4.79 Å². The molecule has 19 nitrogen and oxygen atoms in total. The summed E-state index contributed by atoms with van der Waals surface area (Å²) in [6.07, 6.45) is 36.5. The number of nitrogens with two attached hydrogens (primary N) is 1. The van der Waals surface area contributed by atoms with Crippen molar-refractivity contribution in [2.75, 3.05) is 26.4 Å². The maximum absolute atomic E-state index is 12.1. The van der Waals surface area contributed by atoms with Gasteiger partial charge in [-0.2, -0.15) is 0 Å². The van der Waals surface area contributed by atoms with Crippen LogP contribution in [0.2, 0.25) is 18.1 Å². The fraction of sp³-hybridized carbons (Fsp3) is 0.791. The Morgan fingerprint density at radius 3 is 1.34 bits per heavy atom. The van der Waals surface area contributed by atoms with Crippen molar-refractivity contribution in [2.45, 2.75) is 349 Å². The van der Waals surface area contributed by atoms with Gasteiger partial charge < -0.3 is 60.7 Å². The molecular weight excluding hydrogens is 1580 g/mol. The van der Waals surface area contributed by atoms with Crippen LogP contribution in [-0.4, -0.2) is 146 Å². The first-order chi connectivity index (χ1) is 54.9. The summed E-state index contributed by atoms with van der Waals surface area (Å²) in [6.45, 7) is 22.3. The Labute approximate surface area is 713 Å². The number of halogens is 1. The number of nitrogens with one attached hydrogen (secondary N) is 5. The Hall–Kier alpha value is -3.92. The van der Waals surface area contributed by atoms with Crippen molar-refractivity contribution in [1.82, 2.24) is 26.6 Å². The van der Waals surface area contributed by atoms with E-state index in [1.165, 1.54) is 132 Å². The zero-order valence-corrected chi connectivity index (χ0v) is 76.0. The molecule has 0 aromatic carbocycles. The number of fused-ring (bicyclic) bond motifs is 7. The van der Waals surface area contributed by atoms with Gasteiger partial charge in [0.15, 0.2) is 6.29 Å². The summed E-state index contributed by atoms with van der Waals surface area (Å²) in [4.78, 5) is 82.1. The molecule has 10 saturated heterocycles. The van der Waals surface area contributed by atoms with Crippen LogP contribution in [0.15, 0.2) is 35.0 Å². The van der Waals surface area contributed by atoms with Crippen LogP contribution in [0.25, 0.3) is 18.8 Å². The molecule has 4 amide bonds. The zero-order chi connectivity index (χ0) is 80.8. The highest BCUT2D eigenvalue weighted by Crippen LogP contribution is 2.57. The van der Waals surface area contributed by atoms with Gasteiger partial charge in [-0.1, -0.05) is 38.9 Å². The van der Waals surface area contributed by atoms with E-state index in [2.05, 4.69) is 64.9 Å². The van der Waals surface area contributed by atoms with Crippen molar-refractivity contribution >= 4 is 127 Å². The lowest BCUT2D eigenvalue weighted by Crippen LogP contribution is -2.62. The molecule has 0 radical (unpaired) electrons. The van der Waals surface area contributed by atoms with Crippen LogP contribution in [0.5, 0.6) is 0 Å². The molecule has 644 valence electrons. The Balaban J connectivity index is 0.000000111. The molecule has 22 atom stereocenters. The average molecular weight is 1710 g/mol. The van der Waals surface area contributed by atoms with Gasteiger partial charge in [0.1, 0.15) is 17.5 Å². The minimum absolute atomic E-state index is 0. The molecule has 14 aliphatic carbocycles. The molecule has 25 heteroatoms. The topological polar surface area (TPSA) is 261 Å². The Bertz CT molecular complexity index is 3930. The van der Waals surface area contributed by atoms with Crippen LogP contribution in [0.3, 0.4) is 0 Å². The molecule has 28 rings (SSSR count). The predicted molar refractivity (Wildman–Crippen MR) is 467 cm³/mol. The van der Waals surface area contributed by atoms with Crippen LogP contribution in [0.4, 0.5) is 4.79 Å². The number of thiophene rings is 4. The van der Waals surface area contributed by atoms with Crippen LogP contribution in [0.1, 0.15) is 269 Å². The Morgan fingerprint density at radius 1 is 0.483 bits per heavy atom. The molecule has 24 fully saturated rings. The molecule has 22 unspecified atom stereocenters. The number of ether oxygens (including phenoxy) is 6. The molecular formula is C91H137ClN6O13S4Si. The van der Waals surface area contributed by atoms with Gasteiger partial charge >= 0.3 is 12.1 Å². The number of rotatable bonds is 11. The van der Waals surface area contributed by atoms with Crippen LogP contribution in [0, 0.1) is 76.9 Å². The molecule has 10 aliphatic heterocycles. The normalized spacial score (nSPS) is 39.5. The average Bonchev–Trinajstić information content (AvgIpc) is 1.22. The van der Waals surface area contributed by atoms with Gasteiger partial charge in [0.2, 0.25) is 17.7 Å². The second kappa shape index (κ2) is 36.9. The molecule has 116 heavy (non-hydrogen) atoms. The van der Waals surface area contributed by atoms with Crippen molar-refractivity contribution in [3.63, 3.8) is 0 Å². The van der Waals surface area contributed by atoms with E-state index in [1.807, 2.05) is 61.0 Å². The van der Waals surface area contributed by atoms with E-state index in [-0.39, 0.29) is 103 Å². The summed E-state index contributed by atoms with van der Waals surface area (Å²) in [7, 11) is -0.171. The number of esters is 1. The van der Waals surface area contributed by atoms with E-state index in [4.69, 9.17) is 34.2 Å². The van der Waals surface area contributed by atoms with E-state index < -0.39 is 5.60 Å². The molecule has 14 heterocycles. The number of aldehydes is 1. The van der Waals surface area contributed by atoms with Crippen LogP contribution in [-0.2, 0) is 58.9 Å². The molecule has 4 aromatic rings. The SMILES string of the molecule is CC(=O)NC12CC3CC(C1)C(=O)C(C3)C2.CC(=O)NC12CC3CC(C1)OC(=O)C(C3)C2.CC(=O)NC12CC3COC(CC(C3)C1)C2.CC(C)(C)OC(=O)NC12CC3COC(CC(C3)C1)C2.CC[SiH](CC)CC.Cl.NC12CC3COC(CC(C3)C1)C2.O=Cc1cc2ccsc2s1.c1cc2cc(CNC34CC5COC(CC(C5)C3)C4)sc2s1. The van der Waals surface area contributed by atoms with Crippen molar-refractivity contribution in [1.29, 1.82) is 0 Å². The van der Waals surface area contributed by atoms with E-state index >= 15 is 0 Å². The third-order valence-electron chi connectivity index (χ3n) is 30.0. The minimum Gasteiger partial charge on any atom is -0.462 e. The fourth-order valence-electron chi connectivity index (χ4n) is 27.0. The molecule has 0 spiro atoms. The number of Topliss-reactive ketones (excluding diaryl/α,β-unsaturated/α-hetero) is 1. The maximum Gasteiger partial charge on any atom is 0.408 e. The lowest BCUT2D eigenvalue weighted by atomic mass is 9.52. The first-order valence-electron chi connectivity index (χ1n) is 44.9. The smallest absolute Gasteiger partial charge is 0.408 e. The lowest BCUT2D eigenvalue weighted by molar-refractivity contribution is -0.151. The van der Waals surface area contributed by atoms with Crippen molar-refractivity contribution in [2.24, 2.45) is 82.7 Å². The number of alkyl carbamates (subject to hydrolysis) is 1. The summed E-state index contributed by atoms with van der Waals surface area (Å²) in [5, 5.41) is 23.4. The lowest BCUT2D eigenvalue weighted by Gasteiger charge is -2.55. The summed E-state index contributed by atoms with van der Waals surface area (Å²) >= 11 is 7.07. The van der Waals surface area contributed by atoms with E-state index in [1.54, 1.807) is 43.4 Å². The number of amides is 4. The standard InChI is InChI=1S/C17H21NOS2.C15H25NO3.C12H17NO3.C12H19NO2.C12H17NO2.C10H17NO.C7H4OS2.C6H16Si.ClH/c1-2-20-16-13(1)5-15(21-16)9-18-17-6-11-3-12(7-17)10-19-14(4-11)8-17;1-14(2,3)19-13(17)16-15-6-10-4-11(7-15)9-18-12(5-10)8-15;1-7(14)13-12-4-8-2-9(5-12)11(15)16-10(3-8)6-12;1-8(14)13-12-4-9-2-10(5-12)7-15-11(3-9)6-12;1-7(14)13-12-4-8-2-9(5-12)11(15)10(3-8)6-12;11-10-3-7-1-8(4-10)6-12-9(2-7)5-10;8-4-6-3-5-1-2-9-7(5)10-6;1-4-7(5-2)6-3;/h1-2,5,11-12,14,18H,3-4,6-10H2;10-12H,4-9H2,1-3H3,(H,16,17);8-10H,2-6H2,1H3,(H,13,14);9-11H,2-7H2,1H3,(H,13,14);8-10H,2-6H2,1H3,(H,13,14);7-9H,1-6,11H2;1-4H;7H,4-6H2,1-3H3;1H. The third kappa shape index (κ3) is 21.8. The largest absolute Gasteiger partial charge is 0.462 e. The number of carbonyl (C=O) groups excluding carboxylic acids is 7. The van der Waals surface area contributed by atoms with Gasteiger partial charge in [0, 0.05) is 130 Å². The van der Waals surface area contributed by atoms with Crippen molar-refractivity contribution in [3.8, 4) is 0 Å². The minimum atomic E-state index is -0.432. The summed E-state index contributed by atoms with van der Waals surface area (Å²) in [5.74, 6) is 8.56. The highest BCUT2D eigenvalue weighted by molar-refractivity contribution is 7.38. The number of ketones is 1. The highest BCUT2D eigenvalue weighted by atomic mass is 35.5. The van der Waals surface area contributed by atoms with Gasteiger partial charge in [-0.05, 0) is 301 Å². The van der Waals surface area contributed by atoms with Crippen molar-refractivity contribution < 1.29 is 62.0 Å². The van der Waals surface area contributed by atoms with Crippen molar-refractivity contribution in [3.05, 3.63) is 44.8 Å². The van der Waals surface area contributed by atoms with Crippen LogP contribution < -0.4 is 32.3 Å². The summed E-state index contributed by atoms with van der Waals surface area (Å²) < 4.78 is 37.3. The Morgan fingerprint density at radius 2 is 0.862 bits per heavy atom. The van der Waals surface area contributed by atoms with E-state index in [9.17, 15) is 33.6 Å². The van der Waals surface area contributed by atoms with Gasteiger partial charge in [-0.15, -0.1) is 57.8 Å². The first-order valence-corrected chi connectivity index (χ1v) is 50.7. The fourth-order valence-corrected chi connectivity index (χ4v) is 32.7. The van der Waals surface area contributed by atoms with Gasteiger partial charge in [-0.3, -0.25) is 28.8 Å². The molecule has 24 aliphatic rings. The molecule has 4 aromatic heterocycles. The monoisotopic (exact) mass is 1710 g/mol. The van der Waals surface area contributed by atoms with Gasteiger partial charge in [0.05, 0.1) is 43.2 Å². The molecule has 7 N–H and O–H groups in total. The quantitative estimate of drug-likeness (QED) is 0.0463. The third-order valence-corrected chi connectivity index (χ3v) is 37.8. The Kier molecular flexibility index (Phi) is 28.1. The summed E-state index contributed by atoms with van der Waals surface area (Å²) in [6, 6.07) is 13.0. The number of hydrogen-bond acceptors (Lipinski definition) is 19. The number of hydrogen-bond donors (Lipinski definition) is 6. The maximum atomic E-state index is 12.1. The predicted octanol–water partition coefficient (Wildman–Crippen LogP) is 17.8. The van der Waals surface area contributed by atoms with Crippen LogP contribution >= 0.6 is 57.8 Å². The number of carbonyl (C=O) groups is 7. The molecule has 24 bridgehead atoms. The highest BCUT2D eigenvalue weighted by Gasteiger charge is 2.58. The summed E-state index contributed by atoms with van der Waals surface area (Å²) in [5.41, 5.74) is 6.27. The van der Waals surface area contributed by atoms with E-state index in [0.717, 1.165) is 182 Å². The van der Waals surface area contributed by atoms with E-state index in [0.29, 0.717) is 59.4 Å². The first kappa shape index (κ1) is 88.4. The second-order valence-electron chi connectivity index (χ2n) is 41.2. The zero-order valence-electron chi connectivity index (χ0n) is 70.8.